The molecule has 0 saturated heterocycles. The number of unbranched alkanes of at least 4 members (excludes halogenated alkanes) is 3. The van der Waals surface area contributed by atoms with Gasteiger partial charge in [-0.05, 0) is 6.42 Å². The Labute approximate surface area is 57.5 Å². The van der Waals surface area contributed by atoms with Gasteiger partial charge in [0.1, 0.15) is 0 Å². The molecular formula is C6H14BO2. The van der Waals surface area contributed by atoms with Crippen LogP contribution in [0, 0.1) is 0 Å². The number of hydrogen-bond donors (Lipinski definition) is 1. The molecule has 0 aliphatic heterocycles. The van der Waals surface area contributed by atoms with Crippen LogP contribution in [0.2, 0.25) is 0 Å². The summed E-state index contributed by atoms with van der Waals surface area (Å²) >= 11 is 0. The van der Waals surface area contributed by atoms with Crippen molar-refractivity contribution in [2.45, 2.75) is 32.6 Å². The first kappa shape index (κ1) is 8.98. The highest BCUT2D eigenvalue weighted by Crippen LogP contribution is 1.97. The zero-order valence-electron chi connectivity index (χ0n) is 5.97. The standard InChI is InChI=1S/C6H14BO2/c1-2-3-4-5-6-9-7-8/h8H,2-6H2,1H3. The quantitative estimate of drug-likeness (QED) is 0.430. The average Bonchev–Trinajstić information content (AvgIpc) is 1.89. The third-order valence-electron chi connectivity index (χ3n) is 1.19. The van der Waals surface area contributed by atoms with Gasteiger partial charge < -0.3 is 9.68 Å². The lowest BCUT2D eigenvalue weighted by Gasteiger charge is -1.97. The maximum Gasteiger partial charge on any atom is 0.485 e. The molecule has 0 fully saturated rings. The highest BCUT2D eigenvalue weighted by molar-refractivity contribution is 6.15. The second-order valence-corrected chi connectivity index (χ2v) is 2.04. The minimum Gasteiger partial charge on any atom is -0.429 e. The van der Waals surface area contributed by atoms with Crippen LogP contribution < -0.4 is 0 Å². The summed E-state index contributed by atoms with van der Waals surface area (Å²) in [6.45, 7) is 2.82. The molecule has 0 atom stereocenters. The van der Waals surface area contributed by atoms with E-state index >= 15 is 0 Å². The molecular weight excluding hydrogens is 115 g/mol. The largest absolute Gasteiger partial charge is 0.485 e. The van der Waals surface area contributed by atoms with E-state index in [2.05, 4.69) is 11.6 Å². The first-order chi connectivity index (χ1) is 4.41. The molecule has 0 aromatic heterocycles. The smallest absolute Gasteiger partial charge is 0.429 e. The zero-order chi connectivity index (χ0) is 6.95. The van der Waals surface area contributed by atoms with Crippen molar-refractivity contribution in [1.29, 1.82) is 0 Å². The molecule has 0 unspecified atom stereocenters. The summed E-state index contributed by atoms with van der Waals surface area (Å²) in [6.07, 6.45) is 4.74. The molecule has 0 bridgehead atoms. The second-order valence-electron chi connectivity index (χ2n) is 2.04. The van der Waals surface area contributed by atoms with Crippen molar-refractivity contribution in [3.8, 4) is 0 Å². The summed E-state index contributed by atoms with van der Waals surface area (Å²) < 4.78 is 4.61. The predicted octanol–water partition coefficient (Wildman–Crippen LogP) is 1.11. The minimum atomic E-state index is 0.649. The molecule has 0 aromatic carbocycles. The van der Waals surface area contributed by atoms with Gasteiger partial charge >= 0.3 is 7.69 Å². The van der Waals surface area contributed by atoms with Crippen molar-refractivity contribution in [3.63, 3.8) is 0 Å². The molecule has 0 heterocycles. The van der Waals surface area contributed by atoms with Gasteiger partial charge in [-0.25, -0.2) is 0 Å². The monoisotopic (exact) mass is 129 g/mol. The highest BCUT2D eigenvalue weighted by atomic mass is 16.5. The van der Waals surface area contributed by atoms with Crippen molar-refractivity contribution < 1.29 is 9.68 Å². The van der Waals surface area contributed by atoms with Crippen LogP contribution >= 0.6 is 0 Å². The molecule has 3 heteroatoms. The van der Waals surface area contributed by atoms with Crippen LogP contribution in [0.5, 0.6) is 0 Å². The summed E-state index contributed by atoms with van der Waals surface area (Å²) in [4.78, 5) is 0. The molecule has 1 N–H and O–H groups in total. The van der Waals surface area contributed by atoms with Crippen molar-refractivity contribution in [3.05, 3.63) is 0 Å². The summed E-state index contributed by atoms with van der Waals surface area (Å²) in [5.74, 6) is 0. The number of rotatable bonds is 6. The fourth-order valence-corrected chi connectivity index (χ4v) is 0.665. The maximum absolute atomic E-state index is 8.08. The van der Waals surface area contributed by atoms with Crippen molar-refractivity contribution in [2.24, 2.45) is 0 Å². The van der Waals surface area contributed by atoms with E-state index < -0.39 is 0 Å². The number of hydrogen-bond acceptors (Lipinski definition) is 2. The van der Waals surface area contributed by atoms with E-state index in [1.54, 1.807) is 0 Å². The summed E-state index contributed by atoms with van der Waals surface area (Å²) in [5.41, 5.74) is 0. The van der Waals surface area contributed by atoms with Gasteiger partial charge in [-0.15, -0.1) is 0 Å². The van der Waals surface area contributed by atoms with Gasteiger partial charge in [-0.1, -0.05) is 26.2 Å². The molecule has 0 aliphatic carbocycles. The second kappa shape index (κ2) is 7.98. The fraction of sp³-hybridized carbons (Fsp3) is 1.00. The Morgan fingerprint density at radius 2 is 2.11 bits per heavy atom. The van der Waals surface area contributed by atoms with E-state index in [-0.39, 0.29) is 0 Å². The Kier molecular flexibility index (Phi) is 7.97. The third kappa shape index (κ3) is 7.98. The summed E-state index contributed by atoms with van der Waals surface area (Å²) in [7, 11) is 0.756. The first-order valence-electron chi connectivity index (χ1n) is 3.49. The van der Waals surface area contributed by atoms with Crippen molar-refractivity contribution in [2.75, 3.05) is 6.61 Å². The first-order valence-corrected chi connectivity index (χ1v) is 3.49. The lowest BCUT2D eigenvalue weighted by atomic mass is 10.2. The topological polar surface area (TPSA) is 29.5 Å². The molecule has 2 nitrogen and oxygen atoms in total. The molecule has 9 heavy (non-hydrogen) atoms. The van der Waals surface area contributed by atoms with Gasteiger partial charge in [0.2, 0.25) is 0 Å². The molecule has 0 rings (SSSR count). The molecule has 0 saturated carbocycles. The third-order valence-corrected chi connectivity index (χ3v) is 1.19. The SMILES string of the molecule is CCCCCCO[B]O. The highest BCUT2D eigenvalue weighted by Gasteiger charge is 1.87. The molecule has 0 aliphatic rings. The van der Waals surface area contributed by atoms with Crippen LogP contribution in [0.15, 0.2) is 0 Å². The molecule has 53 valence electrons. The molecule has 1 radical (unpaired) electrons. The van der Waals surface area contributed by atoms with Crippen LogP contribution in [0.4, 0.5) is 0 Å². The summed E-state index contributed by atoms with van der Waals surface area (Å²) in [6, 6.07) is 0. The van der Waals surface area contributed by atoms with Gasteiger partial charge in [-0.3, -0.25) is 0 Å². The van der Waals surface area contributed by atoms with Crippen LogP contribution in [0.25, 0.3) is 0 Å². The van der Waals surface area contributed by atoms with Crippen molar-refractivity contribution in [1.82, 2.24) is 0 Å². The van der Waals surface area contributed by atoms with Gasteiger partial charge in [0.05, 0.1) is 0 Å². The van der Waals surface area contributed by atoms with Gasteiger partial charge in [0.15, 0.2) is 0 Å². The van der Waals surface area contributed by atoms with E-state index in [4.69, 9.17) is 5.02 Å². The predicted molar refractivity (Wildman–Crippen MR) is 38.1 cm³/mol. The van der Waals surface area contributed by atoms with Gasteiger partial charge in [0, 0.05) is 6.61 Å². The lowest BCUT2D eigenvalue weighted by molar-refractivity contribution is 0.275. The van der Waals surface area contributed by atoms with E-state index in [0.717, 1.165) is 14.1 Å². The van der Waals surface area contributed by atoms with Crippen LogP contribution in [-0.4, -0.2) is 19.3 Å². The van der Waals surface area contributed by atoms with E-state index in [1.165, 1.54) is 19.3 Å². The molecule has 0 amide bonds. The van der Waals surface area contributed by atoms with E-state index in [0.29, 0.717) is 6.61 Å². The van der Waals surface area contributed by atoms with E-state index in [1.807, 2.05) is 0 Å². The summed E-state index contributed by atoms with van der Waals surface area (Å²) in [5, 5.41) is 8.08. The fourth-order valence-electron chi connectivity index (χ4n) is 0.665. The minimum absolute atomic E-state index is 0.649. The van der Waals surface area contributed by atoms with Gasteiger partial charge in [0.25, 0.3) is 0 Å². The Balaban J connectivity index is 2.60. The zero-order valence-corrected chi connectivity index (χ0v) is 5.97. The van der Waals surface area contributed by atoms with Crippen LogP contribution in [0.1, 0.15) is 32.6 Å². The van der Waals surface area contributed by atoms with Crippen LogP contribution in [0.3, 0.4) is 0 Å². The average molecular weight is 129 g/mol. The Hall–Kier alpha value is -0.0151. The van der Waals surface area contributed by atoms with E-state index in [9.17, 15) is 0 Å². The Bertz CT molecular complexity index is 44.3. The normalized spacial score (nSPS) is 9.56. The van der Waals surface area contributed by atoms with Gasteiger partial charge in [-0.2, -0.15) is 0 Å². The lowest BCUT2D eigenvalue weighted by Crippen LogP contribution is -1.98. The van der Waals surface area contributed by atoms with Crippen molar-refractivity contribution >= 4 is 7.69 Å². The Morgan fingerprint density at radius 1 is 1.33 bits per heavy atom. The maximum atomic E-state index is 8.08. The molecule has 0 spiro atoms. The van der Waals surface area contributed by atoms with Crippen LogP contribution in [-0.2, 0) is 4.65 Å². The molecule has 0 aromatic rings. The Morgan fingerprint density at radius 3 is 2.67 bits per heavy atom.